The van der Waals surface area contributed by atoms with Crippen LogP contribution in [0.1, 0.15) is 16.2 Å². The molecule has 1 amide bonds. The molecule has 0 atom stereocenters. The first-order valence-electron chi connectivity index (χ1n) is 4.98. The third-order valence-corrected chi connectivity index (χ3v) is 2.53. The topological polar surface area (TPSA) is 67.8 Å². The Labute approximate surface area is 113 Å². The molecule has 0 spiro atoms. The van der Waals surface area contributed by atoms with Crippen molar-refractivity contribution in [3.63, 3.8) is 0 Å². The number of halogens is 2. The molecule has 0 aliphatic rings. The lowest BCUT2D eigenvalue weighted by molar-refractivity contribution is 0.102. The van der Waals surface area contributed by atoms with E-state index in [2.05, 4.69) is 20.3 Å². The number of aromatic nitrogens is 3. The van der Waals surface area contributed by atoms with Crippen LogP contribution in [0, 0.1) is 6.92 Å². The van der Waals surface area contributed by atoms with Gasteiger partial charge in [0, 0.05) is 0 Å². The highest BCUT2D eigenvalue weighted by atomic mass is 35.5. The molecule has 18 heavy (non-hydrogen) atoms. The Kier molecular flexibility index (Phi) is 3.74. The standard InChI is InChI=1S/C11H8Cl2N4O/c1-6-7(2-3-9(12)15-6)17-11(18)8-4-14-5-10(13)16-8/h2-5H,1H3,(H,17,18). The van der Waals surface area contributed by atoms with Gasteiger partial charge in [-0.3, -0.25) is 9.78 Å². The van der Waals surface area contributed by atoms with Gasteiger partial charge in [0.25, 0.3) is 5.91 Å². The third-order valence-electron chi connectivity index (χ3n) is 2.14. The van der Waals surface area contributed by atoms with E-state index in [4.69, 9.17) is 23.2 Å². The molecule has 2 rings (SSSR count). The molecule has 0 aliphatic heterocycles. The van der Waals surface area contributed by atoms with E-state index in [-0.39, 0.29) is 10.8 Å². The maximum Gasteiger partial charge on any atom is 0.275 e. The Morgan fingerprint density at radius 3 is 2.61 bits per heavy atom. The molecule has 7 heteroatoms. The summed E-state index contributed by atoms with van der Waals surface area (Å²) in [6.07, 6.45) is 2.69. The van der Waals surface area contributed by atoms with E-state index in [1.54, 1.807) is 19.1 Å². The molecular weight excluding hydrogens is 275 g/mol. The van der Waals surface area contributed by atoms with Crippen LogP contribution in [-0.4, -0.2) is 20.9 Å². The average molecular weight is 283 g/mol. The van der Waals surface area contributed by atoms with Crippen LogP contribution in [-0.2, 0) is 0 Å². The second-order valence-electron chi connectivity index (χ2n) is 3.45. The fourth-order valence-corrected chi connectivity index (χ4v) is 1.64. The van der Waals surface area contributed by atoms with Gasteiger partial charge in [-0.25, -0.2) is 9.97 Å². The predicted octanol–water partition coefficient (Wildman–Crippen LogP) is 2.74. The van der Waals surface area contributed by atoms with Crippen molar-refractivity contribution in [3.8, 4) is 0 Å². The van der Waals surface area contributed by atoms with Gasteiger partial charge >= 0.3 is 0 Å². The van der Waals surface area contributed by atoms with Gasteiger partial charge in [-0.05, 0) is 19.1 Å². The van der Waals surface area contributed by atoms with Gasteiger partial charge in [-0.2, -0.15) is 0 Å². The Morgan fingerprint density at radius 2 is 1.94 bits per heavy atom. The molecule has 0 unspecified atom stereocenters. The van der Waals surface area contributed by atoms with Crippen LogP contribution in [0.3, 0.4) is 0 Å². The summed E-state index contributed by atoms with van der Waals surface area (Å²) in [7, 11) is 0. The molecule has 2 heterocycles. The van der Waals surface area contributed by atoms with Gasteiger partial charge in [-0.1, -0.05) is 23.2 Å². The zero-order chi connectivity index (χ0) is 13.1. The summed E-state index contributed by atoms with van der Waals surface area (Å²) < 4.78 is 0. The van der Waals surface area contributed by atoms with Crippen molar-refractivity contribution in [1.82, 2.24) is 15.0 Å². The lowest BCUT2D eigenvalue weighted by Gasteiger charge is -2.07. The number of aryl methyl sites for hydroxylation is 1. The number of nitrogens with zero attached hydrogens (tertiary/aromatic N) is 3. The summed E-state index contributed by atoms with van der Waals surface area (Å²) in [5.41, 5.74) is 1.31. The largest absolute Gasteiger partial charge is 0.319 e. The summed E-state index contributed by atoms with van der Waals surface area (Å²) in [4.78, 5) is 23.5. The number of anilines is 1. The molecule has 0 bridgehead atoms. The first-order chi connectivity index (χ1) is 8.56. The Bertz CT molecular complexity index is 603. The van der Waals surface area contributed by atoms with Crippen molar-refractivity contribution in [2.45, 2.75) is 6.92 Å². The van der Waals surface area contributed by atoms with Gasteiger partial charge in [0.2, 0.25) is 0 Å². The summed E-state index contributed by atoms with van der Waals surface area (Å²) >= 11 is 11.4. The smallest absolute Gasteiger partial charge is 0.275 e. The molecule has 0 aliphatic carbocycles. The minimum absolute atomic E-state index is 0.136. The highest BCUT2D eigenvalue weighted by molar-refractivity contribution is 6.29. The van der Waals surface area contributed by atoms with Crippen LogP contribution in [0.4, 0.5) is 5.69 Å². The lowest BCUT2D eigenvalue weighted by atomic mass is 10.3. The first-order valence-corrected chi connectivity index (χ1v) is 5.74. The number of hydrogen-bond donors (Lipinski definition) is 1. The molecule has 0 aromatic carbocycles. The zero-order valence-corrected chi connectivity index (χ0v) is 10.8. The van der Waals surface area contributed by atoms with Crippen LogP contribution in [0.15, 0.2) is 24.5 Å². The van der Waals surface area contributed by atoms with Crippen LogP contribution < -0.4 is 5.32 Å². The Balaban J connectivity index is 2.21. The maximum atomic E-state index is 11.9. The van der Waals surface area contributed by atoms with E-state index in [9.17, 15) is 4.79 Å². The highest BCUT2D eigenvalue weighted by Gasteiger charge is 2.10. The normalized spacial score (nSPS) is 10.2. The SMILES string of the molecule is Cc1nc(Cl)ccc1NC(=O)c1cncc(Cl)n1. The summed E-state index contributed by atoms with van der Waals surface area (Å²) in [6, 6.07) is 3.26. The minimum Gasteiger partial charge on any atom is -0.319 e. The van der Waals surface area contributed by atoms with E-state index in [0.29, 0.717) is 16.5 Å². The fraction of sp³-hybridized carbons (Fsp3) is 0.0909. The molecule has 0 saturated carbocycles. The Morgan fingerprint density at radius 1 is 1.17 bits per heavy atom. The van der Waals surface area contributed by atoms with Gasteiger partial charge < -0.3 is 5.32 Å². The van der Waals surface area contributed by atoms with Crippen LogP contribution >= 0.6 is 23.2 Å². The number of nitrogens with one attached hydrogen (secondary N) is 1. The summed E-state index contributed by atoms with van der Waals surface area (Å²) in [6.45, 7) is 1.74. The predicted molar refractivity (Wildman–Crippen MR) is 69.0 cm³/mol. The maximum absolute atomic E-state index is 11.9. The van der Waals surface area contributed by atoms with Crippen molar-refractivity contribution >= 4 is 34.8 Å². The number of amides is 1. The highest BCUT2D eigenvalue weighted by Crippen LogP contribution is 2.16. The molecule has 5 nitrogen and oxygen atoms in total. The monoisotopic (exact) mass is 282 g/mol. The molecule has 2 aromatic rings. The quantitative estimate of drug-likeness (QED) is 0.860. The minimum atomic E-state index is -0.405. The van der Waals surface area contributed by atoms with Crippen molar-refractivity contribution in [3.05, 3.63) is 46.2 Å². The second kappa shape index (κ2) is 5.29. The van der Waals surface area contributed by atoms with E-state index >= 15 is 0 Å². The molecule has 0 radical (unpaired) electrons. The molecule has 2 aromatic heterocycles. The molecule has 1 N–H and O–H groups in total. The number of rotatable bonds is 2. The van der Waals surface area contributed by atoms with Crippen LogP contribution in [0.25, 0.3) is 0 Å². The van der Waals surface area contributed by atoms with Gasteiger partial charge in [-0.15, -0.1) is 0 Å². The zero-order valence-electron chi connectivity index (χ0n) is 9.32. The van der Waals surface area contributed by atoms with Crippen molar-refractivity contribution in [1.29, 1.82) is 0 Å². The van der Waals surface area contributed by atoms with Crippen LogP contribution in [0.5, 0.6) is 0 Å². The van der Waals surface area contributed by atoms with E-state index < -0.39 is 5.91 Å². The van der Waals surface area contributed by atoms with Crippen molar-refractivity contribution < 1.29 is 4.79 Å². The van der Waals surface area contributed by atoms with E-state index in [1.807, 2.05) is 0 Å². The molecular formula is C11H8Cl2N4O. The fourth-order valence-electron chi connectivity index (χ4n) is 1.30. The molecule has 92 valence electrons. The van der Waals surface area contributed by atoms with Crippen molar-refractivity contribution in [2.75, 3.05) is 5.32 Å². The second-order valence-corrected chi connectivity index (χ2v) is 4.22. The average Bonchev–Trinajstić information content (AvgIpc) is 2.32. The van der Waals surface area contributed by atoms with Gasteiger partial charge in [0.15, 0.2) is 0 Å². The summed E-state index contributed by atoms with van der Waals surface area (Å²) in [5.74, 6) is -0.405. The molecule has 0 fully saturated rings. The van der Waals surface area contributed by atoms with Gasteiger partial charge in [0.1, 0.15) is 16.0 Å². The first kappa shape index (κ1) is 12.7. The molecule has 0 saturated heterocycles. The lowest BCUT2D eigenvalue weighted by Crippen LogP contribution is -2.15. The number of carbonyl (C=O) groups is 1. The Hall–Kier alpha value is -1.72. The van der Waals surface area contributed by atoms with E-state index in [0.717, 1.165) is 0 Å². The number of carbonyl (C=O) groups excluding carboxylic acids is 1. The number of hydrogen-bond acceptors (Lipinski definition) is 4. The van der Waals surface area contributed by atoms with Crippen molar-refractivity contribution in [2.24, 2.45) is 0 Å². The van der Waals surface area contributed by atoms with Gasteiger partial charge in [0.05, 0.1) is 23.8 Å². The van der Waals surface area contributed by atoms with Crippen LogP contribution in [0.2, 0.25) is 10.3 Å². The summed E-state index contributed by atoms with van der Waals surface area (Å²) in [5, 5.41) is 3.19. The number of pyridine rings is 1. The van der Waals surface area contributed by atoms with E-state index in [1.165, 1.54) is 12.4 Å². The third kappa shape index (κ3) is 2.94.